The van der Waals surface area contributed by atoms with E-state index in [1.165, 1.54) is 5.56 Å². The van der Waals surface area contributed by atoms with Crippen molar-refractivity contribution in [1.82, 2.24) is 5.32 Å². The van der Waals surface area contributed by atoms with Gasteiger partial charge in [0.1, 0.15) is 0 Å². The van der Waals surface area contributed by atoms with E-state index in [0.29, 0.717) is 0 Å². The third-order valence-corrected chi connectivity index (χ3v) is 2.64. The van der Waals surface area contributed by atoms with E-state index < -0.39 is 0 Å². The Morgan fingerprint density at radius 1 is 1.29 bits per heavy atom. The molecule has 14 heavy (non-hydrogen) atoms. The Morgan fingerprint density at radius 2 is 2.07 bits per heavy atom. The molecule has 2 heteroatoms. The lowest BCUT2D eigenvalue weighted by molar-refractivity contribution is 0.732. The van der Waals surface area contributed by atoms with Crippen molar-refractivity contribution >= 4 is 11.8 Å². The van der Waals surface area contributed by atoms with Crippen molar-refractivity contribution in [2.45, 2.75) is 6.54 Å². The van der Waals surface area contributed by atoms with Gasteiger partial charge in [-0.2, -0.15) is 0 Å². The van der Waals surface area contributed by atoms with E-state index in [4.69, 9.17) is 6.42 Å². The van der Waals surface area contributed by atoms with Crippen LogP contribution < -0.4 is 5.32 Å². The van der Waals surface area contributed by atoms with Gasteiger partial charge in [-0.15, -0.1) is 18.2 Å². The molecular weight excluding hydrogens is 190 g/mol. The SMILES string of the molecule is C#CCSCCNCc1ccccc1. The van der Waals surface area contributed by atoms with Gasteiger partial charge < -0.3 is 5.32 Å². The average molecular weight is 205 g/mol. The summed E-state index contributed by atoms with van der Waals surface area (Å²) >= 11 is 1.79. The van der Waals surface area contributed by atoms with E-state index >= 15 is 0 Å². The van der Waals surface area contributed by atoms with Gasteiger partial charge in [0.05, 0.1) is 5.75 Å². The molecule has 1 N–H and O–H groups in total. The number of benzene rings is 1. The molecule has 0 aliphatic carbocycles. The van der Waals surface area contributed by atoms with E-state index in [-0.39, 0.29) is 0 Å². The van der Waals surface area contributed by atoms with Gasteiger partial charge in [-0.1, -0.05) is 36.3 Å². The van der Waals surface area contributed by atoms with Gasteiger partial charge in [0.2, 0.25) is 0 Å². The number of hydrogen-bond acceptors (Lipinski definition) is 2. The third-order valence-electron chi connectivity index (χ3n) is 1.78. The zero-order valence-electron chi connectivity index (χ0n) is 8.20. The van der Waals surface area contributed by atoms with Crippen molar-refractivity contribution in [2.24, 2.45) is 0 Å². The Labute approximate surface area is 90.3 Å². The fraction of sp³-hybridized carbons (Fsp3) is 0.333. The number of nitrogens with one attached hydrogen (secondary N) is 1. The number of rotatable bonds is 6. The molecule has 1 aromatic rings. The highest BCUT2D eigenvalue weighted by Gasteiger charge is 1.90. The fourth-order valence-corrected chi connectivity index (χ4v) is 1.65. The fourth-order valence-electron chi connectivity index (χ4n) is 1.10. The highest BCUT2D eigenvalue weighted by atomic mass is 32.2. The van der Waals surface area contributed by atoms with E-state index in [1.807, 2.05) is 6.07 Å². The second-order valence-corrected chi connectivity index (χ2v) is 4.02. The van der Waals surface area contributed by atoms with Crippen LogP contribution in [-0.4, -0.2) is 18.1 Å². The summed E-state index contributed by atoms with van der Waals surface area (Å²) in [6.07, 6.45) is 5.14. The Bertz CT molecular complexity index is 276. The number of terminal acetylenes is 1. The first-order chi connectivity index (χ1) is 6.93. The van der Waals surface area contributed by atoms with Crippen molar-refractivity contribution in [2.75, 3.05) is 18.1 Å². The molecule has 0 bridgehead atoms. The highest BCUT2D eigenvalue weighted by Crippen LogP contribution is 1.98. The van der Waals surface area contributed by atoms with Crippen LogP contribution in [0.4, 0.5) is 0 Å². The standard InChI is InChI=1S/C12H15NS/c1-2-9-14-10-8-13-11-12-6-4-3-5-7-12/h1,3-7,13H,8-11H2. The van der Waals surface area contributed by atoms with Crippen LogP contribution in [0.3, 0.4) is 0 Å². The maximum absolute atomic E-state index is 5.14. The zero-order valence-corrected chi connectivity index (χ0v) is 9.02. The lowest BCUT2D eigenvalue weighted by atomic mass is 10.2. The molecule has 1 aromatic carbocycles. The third kappa shape index (κ3) is 4.96. The van der Waals surface area contributed by atoms with Crippen LogP contribution in [0.5, 0.6) is 0 Å². The number of hydrogen-bond donors (Lipinski definition) is 1. The summed E-state index contributed by atoms with van der Waals surface area (Å²) in [5, 5.41) is 3.37. The monoisotopic (exact) mass is 205 g/mol. The Kier molecular flexibility index (Phi) is 5.97. The first-order valence-electron chi connectivity index (χ1n) is 4.69. The van der Waals surface area contributed by atoms with E-state index in [9.17, 15) is 0 Å². The topological polar surface area (TPSA) is 12.0 Å². The summed E-state index contributed by atoms with van der Waals surface area (Å²) in [4.78, 5) is 0. The predicted molar refractivity (Wildman–Crippen MR) is 64.3 cm³/mol. The molecule has 0 aromatic heterocycles. The first kappa shape index (κ1) is 11.2. The quantitative estimate of drug-likeness (QED) is 0.564. The van der Waals surface area contributed by atoms with Crippen molar-refractivity contribution in [3.63, 3.8) is 0 Å². The van der Waals surface area contributed by atoms with Gasteiger partial charge >= 0.3 is 0 Å². The molecule has 0 fully saturated rings. The molecule has 1 rings (SSSR count). The Hall–Kier alpha value is -0.910. The normalized spacial score (nSPS) is 9.64. The maximum Gasteiger partial charge on any atom is 0.0545 e. The second kappa shape index (κ2) is 7.49. The minimum absolute atomic E-state index is 0.813. The van der Waals surface area contributed by atoms with Crippen LogP contribution in [-0.2, 0) is 6.54 Å². The molecule has 74 valence electrons. The summed E-state index contributed by atoms with van der Waals surface area (Å²) in [7, 11) is 0. The molecule has 1 nitrogen and oxygen atoms in total. The summed E-state index contributed by atoms with van der Waals surface area (Å²) in [6.45, 7) is 1.96. The Morgan fingerprint density at radius 3 is 2.79 bits per heavy atom. The zero-order chi connectivity index (χ0) is 10.1. The molecule has 0 radical (unpaired) electrons. The summed E-state index contributed by atoms with van der Waals surface area (Å²) < 4.78 is 0. The molecule has 0 aliphatic rings. The molecule has 0 spiro atoms. The molecule has 0 atom stereocenters. The average Bonchev–Trinajstić information content (AvgIpc) is 2.25. The summed E-state index contributed by atoms with van der Waals surface area (Å²) in [6, 6.07) is 10.4. The van der Waals surface area contributed by atoms with E-state index in [0.717, 1.165) is 24.6 Å². The van der Waals surface area contributed by atoms with Gasteiger partial charge in [-0.05, 0) is 5.56 Å². The predicted octanol–water partition coefficient (Wildman–Crippen LogP) is 2.14. The summed E-state index contributed by atoms with van der Waals surface area (Å²) in [5.74, 6) is 4.50. The van der Waals surface area contributed by atoms with Crippen LogP contribution in [0, 0.1) is 12.3 Å². The van der Waals surface area contributed by atoms with Crippen LogP contribution in [0.1, 0.15) is 5.56 Å². The van der Waals surface area contributed by atoms with Crippen LogP contribution >= 0.6 is 11.8 Å². The highest BCUT2D eigenvalue weighted by molar-refractivity contribution is 7.99. The lowest BCUT2D eigenvalue weighted by Crippen LogP contribution is -2.16. The second-order valence-electron chi connectivity index (χ2n) is 2.92. The van der Waals surface area contributed by atoms with Crippen LogP contribution in [0.2, 0.25) is 0 Å². The minimum atomic E-state index is 0.813. The van der Waals surface area contributed by atoms with Gasteiger partial charge in [-0.25, -0.2) is 0 Å². The van der Waals surface area contributed by atoms with E-state index in [2.05, 4.69) is 35.5 Å². The van der Waals surface area contributed by atoms with Crippen LogP contribution in [0.15, 0.2) is 30.3 Å². The summed E-state index contributed by atoms with van der Waals surface area (Å²) in [5.41, 5.74) is 1.33. The van der Waals surface area contributed by atoms with Crippen molar-refractivity contribution < 1.29 is 0 Å². The van der Waals surface area contributed by atoms with Crippen molar-refractivity contribution in [1.29, 1.82) is 0 Å². The van der Waals surface area contributed by atoms with Crippen LogP contribution in [0.25, 0.3) is 0 Å². The molecule has 0 saturated carbocycles. The minimum Gasteiger partial charge on any atom is -0.312 e. The van der Waals surface area contributed by atoms with Crippen molar-refractivity contribution in [3.05, 3.63) is 35.9 Å². The van der Waals surface area contributed by atoms with Crippen molar-refractivity contribution in [3.8, 4) is 12.3 Å². The molecule has 0 unspecified atom stereocenters. The van der Waals surface area contributed by atoms with Gasteiger partial charge in [-0.3, -0.25) is 0 Å². The number of thioether (sulfide) groups is 1. The first-order valence-corrected chi connectivity index (χ1v) is 5.85. The Balaban J connectivity index is 2.03. The molecular formula is C12H15NS. The van der Waals surface area contributed by atoms with Gasteiger partial charge in [0.15, 0.2) is 0 Å². The maximum atomic E-state index is 5.14. The van der Waals surface area contributed by atoms with Gasteiger partial charge in [0, 0.05) is 18.8 Å². The smallest absolute Gasteiger partial charge is 0.0545 e. The van der Waals surface area contributed by atoms with E-state index in [1.54, 1.807) is 11.8 Å². The lowest BCUT2D eigenvalue weighted by Gasteiger charge is -2.03. The van der Waals surface area contributed by atoms with Gasteiger partial charge in [0.25, 0.3) is 0 Å². The largest absolute Gasteiger partial charge is 0.312 e. The molecule has 0 saturated heterocycles. The molecule has 0 amide bonds. The molecule has 0 heterocycles. The molecule has 0 aliphatic heterocycles.